The van der Waals surface area contributed by atoms with Gasteiger partial charge >= 0.3 is 0 Å². The number of fused-ring (bicyclic) bond motifs is 1. The van der Waals surface area contributed by atoms with Gasteiger partial charge in [-0.05, 0) is 30.4 Å². The summed E-state index contributed by atoms with van der Waals surface area (Å²) in [6.45, 7) is 1.69. The number of nitrogens with zero attached hydrogens (tertiary/aromatic N) is 2. The van der Waals surface area contributed by atoms with Gasteiger partial charge in [0, 0.05) is 30.5 Å². The highest BCUT2D eigenvalue weighted by Gasteiger charge is 2.20. The second kappa shape index (κ2) is 8.93. The van der Waals surface area contributed by atoms with E-state index < -0.39 is 23.1 Å². The van der Waals surface area contributed by atoms with Crippen molar-refractivity contribution < 1.29 is 13.9 Å². The molecule has 0 aliphatic heterocycles. The van der Waals surface area contributed by atoms with Crippen LogP contribution in [0, 0.1) is 11.2 Å². The Morgan fingerprint density at radius 1 is 1.35 bits per heavy atom. The van der Waals surface area contributed by atoms with Crippen LogP contribution in [0.5, 0.6) is 0 Å². The van der Waals surface area contributed by atoms with Crippen LogP contribution in [-0.4, -0.2) is 75.1 Å². The fourth-order valence-corrected chi connectivity index (χ4v) is 2.88. The smallest absolute Gasteiger partial charge is 0.255 e. The fourth-order valence-electron chi connectivity index (χ4n) is 2.88. The van der Waals surface area contributed by atoms with Crippen molar-refractivity contribution in [2.24, 2.45) is 0 Å². The molecule has 2 aromatic heterocycles. The first kappa shape index (κ1) is 22.5. The molecular formula is C19H18B3FN6O2. The first-order chi connectivity index (χ1) is 14.6. The molecule has 8 nitrogen and oxygen atoms in total. The van der Waals surface area contributed by atoms with Crippen molar-refractivity contribution in [3.05, 3.63) is 53.2 Å². The highest BCUT2D eigenvalue weighted by molar-refractivity contribution is 6.58. The molecule has 1 atom stereocenters. The van der Waals surface area contributed by atoms with Gasteiger partial charge in [0.05, 0.1) is 47.6 Å². The van der Waals surface area contributed by atoms with Gasteiger partial charge < -0.3 is 20.4 Å². The Labute approximate surface area is 182 Å². The number of hydrogen-bond acceptors (Lipinski definition) is 6. The zero-order chi connectivity index (χ0) is 22.8. The van der Waals surface area contributed by atoms with Gasteiger partial charge in [-0.3, -0.25) is 10.2 Å². The predicted octanol–water partition coefficient (Wildman–Crippen LogP) is 0.807. The summed E-state index contributed by atoms with van der Waals surface area (Å²) >= 11 is 0. The lowest BCUT2D eigenvalue weighted by Crippen LogP contribution is -2.42. The van der Waals surface area contributed by atoms with Crippen LogP contribution in [0.2, 0.25) is 0 Å². The van der Waals surface area contributed by atoms with E-state index in [0.29, 0.717) is 16.9 Å². The maximum absolute atomic E-state index is 13.5. The van der Waals surface area contributed by atoms with Gasteiger partial charge in [-0.2, -0.15) is 0 Å². The van der Waals surface area contributed by atoms with E-state index in [9.17, 15) is 9.18 Å². The summed E-state index contributed by atoms with van der Waals surface area (Å²) < 4.78 is 18.6. The summed E-state index contributed by atoms with van der Waals surface area (Å²) in [7, 11) is 17.7. The van der Waals surface area contributed by atoms with Crippen LogP contribution in [0.3, 0.4) is 0 Å². The first-order valence-electron chi connectivity index (χ1n) is 9.31. The number of nitrogens with one attached hydrogen (secondary N) is 4. The van der Waals surface area contributed by atoms with Gasteiger partial charge in [-0.15, -0.1) is 0 Å². The van der Waals surface area contributed by atoms with E-state index in [1.807, 2.05) is 0 Å². The minimum Gasteiger partial charge on any atom is -0.401 e. The number of carbonyl (C=O) groups excluding carboxylic acids is 1. The number of halogens is 1. The van der Waals surface area contributed by atoms with Crippen molar-refractivity contribution in [3.63, 3.8) is 0 Å². The monoisotopic (exact) mass is 414 g/mol. The first-order valence-corrected chi connectivity index (χ1v) is 9.31. The molecule has 6 radical (unpaired) electrons. The largest absolute Gasteiger partial charge is 0.401 e. The number of H-pyrrole nitrogens is 1. The average molecular weight is 414 g/mol. The van der Waals surface area contributed by atoms with E-state index in [4.69, 9.17) is 33.7 Å². The van der Waals surface area contributed by atoms with Crippen molar-refractivity contribution in [2.45, 2.75) is 18.3 Å². The third-order valence-corrected chi connectivity index (χ3v) is 4.36. The Kier molecular flexibility index (Phi) is 6.49. The third kappa shape index (κ3) is 5.32. The number of ether oxygens (including phenoxy) is 1. The maximum Gasteiger partial charge on any atom is 0.255 e. The van der Waals surface area contributed by atoms with E-state index in [1.54, 1.807) is 14.0 Å². The van der Waals surface area contributed by atoms with Crippen LogP contribution in [0.15, 0.2) is 30.6 Å². The minimum atomic E-state index is -1.80. The van der Waals surface area contributed by atoms with Gasteiger partial charge in [0.1, 0.15) is 17.0 Å². The fraction of sp³-hybridized carbons (Fsp3) is 0.263. The average Bonchev–Trinajstić information content (AvgIpc) is 3.14. The van der Waals surface area contributed by atoms with E-state index >= 15 is 0 Å². The molecule has 3 aromatic rings. The number of amides is 1. The van der Waals surface area contributed by atoms with E-state index in [1.165, 1.54) is 30.6 Å². The summed E-state index contributed by atoms with van der Waals surface area (Å²) in [5.74, 6) is -0.865. The van der Waals surface area contributed by atoms with Crippen LogP contribution >= 0.6 is 0 Å². The molecule has 0 saturated heterocycles. The van der Waals surface area contributed by atoms with Gasteiger partial charge in [-0.1, -0.05) is 0 Å². The van der Waals surface area contributed by atoms with Gasteiger partial charge in [0.2, 0.25) is 0 Å². The molecule has 31 heavy (non-hydrogen) atoms. The molecule has 3 rings (SSSR count). The van der Waals surface area contributed by atoms with Gasteiger partial charge in [0.25, 0.3) is 5.91 Å². The number of aromatic nitrogens is 3. The highest BCUT2D eigenvalue weighted by atomic mass is 19.1. The molecule has 4 N–H and O–H groups in total. The topological polar surface area (TPSA) is 116 Å². The molecule has 0 bridgehead atoms. The molecule has 12 heteroatoms. The van der Waals surface area contributed by atoms with Crippen LogP contribution in [0.1, 0.15) is 28.5 Å². The standard InChI is InChI=1S/C19H18B3FN6O2/c1-9(8-31-19(20,21)22)28-18(30)12-6-26-17-16(12)29-14(7-27-17)15(24)11-4-3-10(23)5-13(11)25-2/h3-7,9,24-25H,8H2,1-2H3,(H,26,27)(H,28,30). The van der Waals surface area contributed by atoms with Crippen molar-refractivity contribution in [1.82, 2.24) is 20.3 Å². The number of carbonyl (C=O) groups is 1. The predicted molar refractivity (Wildman–Crippen MR) is 119 cm³/mol. The number of hydrogen-bond donors (Lipinski definition) is 4. The highest BCUT2D eigenvalue weighted by Crippen LogP contribution is 2.21. The van der Waals surface area contributed by atoms with Crippen molar-refractivity contribution in [3.8, 4) is 0 Å². The van der Waals surface area contributed by atoms with E-state index in [-0.39, 0.29) is 29.1 Å². The van der Waals surface area contributed by atoms with Gasteiger partial charge in [0.15, 0.2) is 5.65 Å². The normalized spacial score (nSPS) is 12.5. The SMILES string of the molecule is [B]C([B])([B])OCC(C)NC(=O)c1c[nH]c2ncc(C(=N)c3ccc(F)cc3NC)nc12. The molecule has 1 amide bonds. The number of anilines is 1. The Hall–Kier alpha value is -3.14. The third-order valence-electron chi connectivity index (χ3n) is 4.36. The van der Waals surface area contributed by atoms with Crippen LogP contribution < -0.4 is 10.6 Å². The molecule has 0 fully saturated rings. The zero-order valence-electron chi connectivity index (χ0n) is 17.0. The lowest BCUT2D eigenvalue weighted by molar-refractivity contribution is 0.0840. The Morgan fingerprint density at radius 3 is 2.77 bits per heavy atom. The molecule has 1 aromatic carbocycles. The van der Waals surface area contributed by atoms with Crippen LogP contribution in [0.4, 0.5) is 10.1 Å². The molecule has 2 heterocycles. The molecule has 152 valence electrons. The molecule has 0 saturated carbocycles. The number of aromatic amines is 1. The summed E-state index contributed by atoms with van der Waals surface area (Å²) in [5, 5.41) is 12.3. The molecule has 0 spiro atoms. The number of rotatable bonds is 8. The lowest BCUT2D eigenvalue weighted by atomic mass is 9.52. The molecule has 1 unspecified atom stereocenters. The zero-order valence-corrected chi connectivity index (χ0v) is 17.0. The second-order valence-electron chi connectivity index (χ2n) is 7.01. The number of benzene rings is 1. The Bertz CT molecular complexity index is 1130. The minimum absolute atomic E-state index is 0.00344. The van der Waals surface area contributed by atoms with Crippen molar-refractivity contribution >= 4 is 52.0 Å². The van der Waals surface area contributed by atoms with Crippen LogP contribution in [0.25, 0.3) is 11.2 Å². The van der Waals surface area contributed by atoms with Gasteiger partial charge in [-0.25, -0.2) is 14.4 Å². The van der Waals surface area contributed by atoms with Crippen molar-refractivity contribution in [1.29, 1.82) is 5.41 Å². The summed E-state index contributed by atoms with van der Waals surface area (Å²) in [5.41, 5.74) is 2.02. The Balaban J connectivity index is 1.86. The summed E-state index contributed by atoms with van der Waals surface area (Å²) in [6, 6.07) is 3.58. The second-order valence-corrected chi connectivity index (χ2v) is 7.01. The summed E-state index contributed by atoms with van der Waals surface area (Å²) in [4.78, 5) is 24.2. The van der Waals surface area contributed by atoms with Crippen LogP contribution in [-0.2, 0) is 4.74 Å². The van der Waals surface area contributed by atoms with E-state index in [2.05, 4.69) is 25.6 Å². The van der Waals surface area contributed by atoms with Crippen molar-refractivity contribution in [2.75, 3.05) is 19.0 Å². The lowest BCUT2D eigenvalue weighted by Gasteiger charge is -2.24. The Morgan fingerprint density at radius 2 is 2.10 bits per heavy atom. The van der Waals surface area contributed by atoms with E-state index in [0.717, 1.165) is 0 Å². The maximum atomic E-state index is 13.5. The molecular weight excluding hydrogens is 396 g/mol. The summed E-state index contributed by atoms with van der Waals surface area (Å²) in [6.07, 6.45) is 2.88. The molecule has 0 aliphatic carbocycles. The quantitative estimate of drug-likeness (QED) is 0.322. The molecule has 0 aliphatic rings.